The Hall–Kier alpha value is -1.31. The number of H-pyrrole nitrogens is 1. The lowest BCUT2D eigenvalue weighted by atomic mass is 10.1. The number of aromatic amines is 1. The van der Waals surface area contributed by atoms with E-state index >= 15 is 0 Å². The second kappa shape index (κ2) is 8.18. The number of fused-ring (bicyclic) bond motifs is 1. The molecular formula is C17H21BrN4OS. The van der Waals surface area contributed by atoms with Crippen LogP contribution in [-0.2, 0) is 19.4 Å². The summed E-state index contributed by atoms with van der Waals surface area (Å²) in [6, 6.07) is 3.89. The average Bonchev–Trinajstić information content (AvgIpc) is 3.22. The lowest BCUT2D eigenvalue weighted by molar-refractivity contribution is 0.481. The lowest BCUT2D eigenvalue weighted by Gasteiger charge is -2.06. The first kappa shape index (κ1) is 17.5. The highest BCUT2D eigenvalue weighted by Gasteiger charge is 2.15. The van der Waals surface area contributed by atoms with Crippen molar-refractivity contribution in [3.63, 3.8) is 0 Å². The van der Waals surface area contributed by atoms with Crippen LogP contribution in [0.1, 0.15) is 30.5 Å². The van der Waals surface area contributed by atoms with Gasteiger partial charge < -0.3 is 14.7 Å². The van der Waals surface area contributed by atoms with Crippen molar-refractivity contribution in [3.05, 3.63) is 40.0 Å². The molecule has 0 aliphatic heterocycles. The maximum Gasteiger partial charge on any atom is 0.189 e. The van der Waals surface area contributed by atoms with Gasteiger partial charge in [0, 0.05) is 10.2 Å². The molecule has 3 heterocycles. The lowest BCUT2D eigenvalue weighted by Crippen LogP contribution is -2.15. The number of hydrogen-bond acceptors (Lipinski definition) is 5. The number of aryl methyl sites for hydroxylation is 2. The Bertz CT molecular complexity index is 801. The third-order valence-electron chi connectivity index (χ3n) is 3.90. The fourth-order valence-electron chi connectivity index (χ4n) is 2.68. The molecule has 0 saturated carbocycles. The van der Waals surface area contributed by atoms with E-state index in [9.17, 15) is 0 Å². The molecule has 0 aliphatic rings. The van der Waals surface area contributed by atoms with Gasteiger partial charge in [0.1, 0.15) is 11.4 Å². The molecule has 0 atom stereocenters. The Labute approximate surface area is 154 Å². The number of aromatic nitrogens is 3. The van der Waals surface area contributed by atoms with E-state index in [-0.39, 0.29) is 0 Å². The molecule has 0 aliphatic carbocycles. The molecule has 0 aromatic carbocycles. The number of halogens is 1. The molecule has 0 amide bonds. The molecule has 2 N–H and O–H groups in total. The van der Waals surface area contributed by atoms with E-state index in [1.807, 2.05) is 18.4 Å². The van der Waals surface area contributed by atoms with Crippen LogP contribution in [0.25, 0.3) is 11.0 Å². The molecule has 3 aromatic heterocycles. The summed E-state index contributed by atoms with van der Waals surface area (Å²) < 4.78 is 6.42. The first-order chi connectivity index (χ1) is 11.7. The van der Waals surface area contributed by atoms with Crippen LogP contribution in [0.3, 0.4) is 0 Å². The number of hydrogen-bond donors (Lipinski definition) is 2. The summed E-state index contributed by atoms with van der Waals surface area (Å²) >= 11 is 5.29. The Balaban J connectivity index is 1.69. The summed E-state index contributed by atoms with van der Waals surface area (Å²) in [5.74, 6) is 0.963. The third kappa shape index (κ3) is 3.84. The van der Waals surface area contributed by atoms with Gasteiger partial charge in [-0.15, -0.1) is 0 Å². The normalized spacial score (nSPS) is 11.5. The summed E-state index contributed by atoms with van der Waals surface area (Å²) in [4.78, 5) is 12.7. The number of nitrogens with one attached hydrogen (secondary N) is 2. The molecule has 0 fully saturated rings. The van der Waals surface area contributed by atoms with Crippen molar-refractivity contribution in [1.29, 1.82) is 0 Å². The zero-order chi connectivity index (χ0) is 16.9. The molecule has 5 nitrogen and oxygen atoms in total. The van der Waals surface area contributed by atoms with Crippen LogP contribution in [0.4, 0.5) is 0 Å². The summed E-state index contributed by atoms with van der Waals surface area (Å²) in [5.41, 5.74) is 3.21. The Morgan fingerprint density at radius 2 is 2.25 bits per heavy atom. The van der Waals surface area contributed by atoms with E-state index in [0.717, 1.165) is 64.5 Å². The molecule has 3 rings (SSSR count). The predicted molar refractivity (Wildman–Crippen MR) is 101 cm³/mol. The minimum Gasteiger partial charge on any atom is -0.468 e. The van der Waals surface area contributed by atoms with Crippen LogP contribution in [0.15, 0.2) is 32.4 Å². The molecule has 0 spiro atoms. The van der Waals surface area contributed by atoms with E-state index in [4.69, 9.17) is 9.40 Å². The van der Waals surface area contributed by atoms with Crippen LogP contribution in [0.2, 0.25) is 0 Å². The molecule has 128 valence electrons. The van der Waals surface area contributed by atoms with Crippen molar-refractivity contribution in [2.45, 2.75) is 37.9 Å². The highest BCUT2D eigenvalue weighted by atomic mass is 79.9. The van der Waals surface area contributed by atoms with Gasteiger partial charge in [-0.05, 0) is 60.1 Å². The van der Waals surface area contributed by atoms with Crippen molar-refractivity contribution in [1.82, 2.24) is 20.3 Å². The van der Waals surface area contributed by atoms with Gasteiger partial charge in [-0.2, -0.15) is 0 Å². The van der Waals surface area contributed by atoms with Gasteiger partial charge in [0.05, 0.1) is 23.9 Å². The molecule has 7 heteroatoms. The second-order valence-corrected chi connectivity index (χ2v) is 7.08. The van der Waals surface area contributed by atoms with Crippen molar-refractivity contribution < 1.29 is 4.42 Å². The maximum absolute atomic E-state index is 5.32. The van der Waals surface area contributed by atoms with E-state index in [0.29, 0.717) is 0 Å². The van der Waals surface area contributed by atoms with Crippen molar-refractivity contribution in [2.75, 3.05) is 12.8 Å². The first-order valence-electron chi connectivity index (χ1n) is 8.07. The topological polar surface area (TPSA) is 66.7 Å². The number of nitrogens with zero attached hydrogens (tertiary/aromatic N) is 2. The SMILES string of the molecule is CCc1[nH]c2nc(SC)nc(CCCNCc3ccco3)c2c1Br. The largest absolute Gasteiger partial charge is 0.468 e. The smallest absolute Gasteiger partial charge is 0.189 e. The minimum absolute atomic E-state index is 0.760. The van der Waals surface area contributed by atoms with Gasteiger partial charge in [-0.3, -0.25) is 0 Å². The van der Waals surface area contributed by atoms with Crippen LogP contribution in [-0.4, -0.2) is 27.8 Å². The molecule has 3 aromatic rings. The third-order valence-corrected chi connectivity index (χ3v) is 5.32. The fraction of sp³-hybridized carbons (Fsp3) is 0.412. The van der Waals surface area contributed by atoms with Gasteiger partial charge in [-0.25, -0.2) is 9.97 Å². The van der Waals surface area contributed by atoms with Gasteiger partial charge in [0.25, 0.3) is 0 Å². The molecule has 0 bridgehead atoms. The van der Waals surface area contributed by atoms with Crippen LogP contribution in [0, 0.1) is 0 Å². The van der Waals surface area contributed by atoms with E-state index in [1.54, 1.807) is 18.0 Å². The van der Waals surface area contributed by atoms with Gasteiger partial charge >= 0.3 is 0 Å². The van der Waals surface area contributed by atoms with Gasteiger partial charge in [0.15, 0.2) is 5.16 Å². The zero-order valence-corrected chi connectivity index (χ0v) is 16.3. The minimum atomic E-state index is 0.760. The molecule has 0 saturated heterocycles. The number of thioether (sulfide) groups is 1. The average molecular weight is 409 g/mol. The Morgan fingerprint density at radius 3 is 2.96 bits per heavy atom. The highest BCUT2D eigenvalue weighted by molar-refractivity contribution is 9.10. The van der Waals surface area contributed by atoms with E-state index < -0.39 is 0 Å². The van der Waals surface area contributed by atoms with Crippen molar-refractivity contribution in [3.8, 4) is 0 Å². The second-order valence-electron chi connectivity index (χ2n) is 5.51. The Morgan fingerprint density at radius 1 is 1.38 bits per heavy atom. The standard InChI is InChI=1S/C17H21BrN4OS/c1-3-12-15(18)14-13(21-17(24-2)22-16(14)20-12)7-4-8-19-10-11-6-5-9-23-11/h5-6,9,19H,3-4,7-8,10H2,1-2H3,(H,20,21,22). The van der Waals surface area contributed by atoms with Crippen LogP contribution < -0.4 is 5.32 Å². The zero-order valence-electron chi connectivity index (χ0n) is 13.9. The first-order valence-corrected chi connectivity index (χ1v) is 10.1. The van der Waals surface area contributed by atoms with Crippen molar-refractivity contribution >= 4 is 38.7 Å². The molecule has 24 heavy (non-hydrogen) atoms. The monoisotopic (exact) mass is 408 g/mol. The molecular weight excluding hydrogens is 388 g/mol. The molecule has 0 radical (unpaired) electrons. The van der Waals surface area contributed by atoms with Gasteiger partial charge in [0.2, 0.25) is 0 Å². The van der Waals surface area contributed by atoms with Gasteiger partial charge in [-0.1, -0.05) is 18.7 Å². The predicted octanol–water partition coefficient (Wildman–Crippen LogP) is 4.32. The summed E-state index contributed by atoms with van der Waals surface area (Å²) in [6.45, 7) is 3.82. The van der Waals surface area contributed by atoms with Crippen LogP contribution >= 0.6 is 27.7 Å². The summed E-state index contributed by atoms with van der Waals surface area (Å²) in [5, 5.41) is 5.34. The van der Waals surface area contributed by atoms with Crippen molar-refractivity contribution in [2.24, 2.45) is 0 Å². The maximum atomic E-state index is 5.32. The molecule has 0 unspecified atom stereocenters. The van der Waals surface area contributed by atoms with Crippen LogP contribution in [0.5, 0.6) is 0 Å². The number of rotatable bonds is 8. The Kier molecular flexibility index (Phi) is 5.97. The van der Waals surface area contributed by atoms with E-state index in [1.165, 1.54) is 5.69 Å². The summed E-state index contributed by atoms with van der Waals surface area (Å²) in [6.07, 6.45) is 6.58. The number of furan rings is 1. The summed E-state index contributed by atoms with van der Waals surface area (Å²) in [7, 11) is 0. The highest BCUT2D eigenvalue weighted by Crippen LogP contribution is 2.31. The quantitative estimate of drug-likeness (QED) is 0.330. The fourth-order valence-corrected chi connectivity index (χ4v) is 3.86. The van der Waals surface area contributed by atoms with E-state index in [2.05, 4.69) is 38.1 Å².